The standard InChI is InChI=1S/C23H38N4O3/c1-17(2)26(5)15-21(28)16-30-22-9-8-20(13-23(22)29-6)14-24-10-7-11-27-19(4)12-18(3)25-27/h8-9,12-13,17,21,24,28H,7,10-11,14-16H2,1-6H3. The third kappa shape index (κ3) is 7.63. The average Bonchev–Trinajstić information content (AvgIpc) is 3.03. The Morgan fingerprint density at radius 3 is 2.60 bits per heavy atom. The third-order valence-corrected chi connectivity index (χ3v) is 5.20. The van der Waals surface area contributed by atoms with Gasteiger partial charge in [0.1, 0.15) is 12.7 Å². The highest BCUT2D eigenvalue weighted by Gasteiger charge is 2.13. The van der Waals surface area contributed by atoms with E-state index in [1.165, 1.54) is 5.69 Å². The van der Waals surface area contributed by atoms with Crippen molar-refractivity contribution in [3.8, 4) is 11.5 Å². The van der Waals surface area contributed by atoms with Gasteiger partial charge in [0.2, 0.25) is 0 Å². The number of hydrogen-bond donors (Lipinski definition) is 2. The molecule has 0 bridgehead atoms. The zero-order valence-corrected chi connectivity index (χ0v) is 19.3. The van der Waals surface area contributed by atoms with Gasteiger partial charge in [-0.1, -0.05) is 6.07 Å². The normalized spacial score (nSPS) is 12.6. The van der Waals surface area contributed by atoms with Crippen molar-refractivity contribution in [3.63, 3.8) is 0 Å². The molecule has 168 valence electrons. The first-order valence-electron chi connectivity index (χ1n) is 10.7. The van der Waals surface area contributed by atoms with E-state index in [0.29, 0.717) is 24.1 Å². The molecule has 1 aromatic carbocycles. The lowest BCUT2D eigenvalue weighted by Crippen LogP contribution is -2.36. The summed E-state index contributed by atoms with van der Waals surface area (Å²) in [5, 5.41) is 18.2. The first kappa shape index (κ1) is 24.2. The summed E-state index contributed by atoms with van der Waals surface area (Å²) >= 11 is 0. The highest BCUT2D eigenvalue weighted by molar-refractivity contribution is 5.43. The maximum absolute atomic E-state index is 10.2. The molecule has 0 fully saturated rings. The summed E-state index contributed by atoms with van der Waals surface area (Å²) in [7, 11) is 3.63. The van der Waals surface area contributed by atoms with Crippen molar-refractivity contribution in [3.05, 3.63) is 41.2 Å². The molecule has 0 saturated heterocycles. The molecule has 7 nitrogen and oxygen atoms in total. The van der Waals surface area contributed by atoms with E-state index >= 15 is 0 Å². The Morgan fingerprint density at radius 2 is 1.97 bits per heavy atom. The topological polar surface area (TPSA) is 71.8 Å². The third-order valence-electron chi connectivity index (χ3n) is 5.20. The molecule has 7 heteroatoms. The summed E-state index contributed by atoms with van der Waals surface area (Å²) in [5.41, 5.74) is 3.40. The number of aromatic nitrogens is 2. The van der Waals surface area contributed by atoms with Crippen LogP contribution in [0.4, 0.5) is 0 Å². The Bertz CT molecular complexity index is 776. The Labute approximate surface area is 181 Å². The minimum absolute atomic E-state index is 0.233. The number of methoxy groups -OCH3 is 1. The van der Waals surface area contributed by atoms with Crippen LogP contribution in [0.1, 0.15) is 37.2 Å². The summed E-state index contributed by atoms with van der Waals surface area (Å²) in [5.74, 6) is 1.33. The molecule has 0 aliphatic heterocycles. The molecule has 0 aliphatic carbocycles. The lowest BCUT2D eigenvalue weighted by molar-refractivity contribution is 0.0668. The quantitative estimate of drug-likeness (QED) is 0.488. The van der Waals surface area contributed by atoms with Gasteiger partial charge in [-0.25, -0.2) is 0 Å². The van der Waals surface area contributed by atoms with Crippen LogP contribution >= 0.6 is 0 Å². The molecule has 2 N–H and O–H groups in total. The van der Waals surface area contributed by atoms with Gasteiger partial charge in [-0.2, -0.15) is 5.10 Å². The molecule has 2 rings (SSSR count). The maximum atomic E-state index is 10.2. The first-order chi connectivity index (χ1) is 14.3. The van der Waals surface area contributed by atoms with Crippen LogP contribution in [0.2, 0.25) is 0 Å². The summed E-state index contributed by atoms with van der Waals surface area (Å²) in [6.45, 7) is 11.7. The van der Waals surface area contributed by atoms with Crippen LogP contribution in [0.3, 0.4) is 0 Å². The van der Waals surface area contributed by atoms with Crippen molar-refractivity contribution in [2.75, 3.05) is 33.9 Å². The van der Waals surface area contributed by atoms with Crippen LogP contribution in [0, 0.1) is 13.8 Å². The Morgan fingerprint density at radius 1 is 1.20 bits per heavy atom. The summed E-state index contributed by atoms with van der Waals surface area (Å²) in [4.78, 5) is 2.09. The van der Waals surface area contributed by atoms with E-state index in [1.807, 2.05) is 32.2 Å². The largest absolute Gasteiger partial charge is 0.493 e. The zero-order chi connectivity index (χ0) is 22.1. The predicted molar refractivity (Wildman–Crippen MR) is 120 cm³/mol. The second-order valence-corrected chi connectivity index (χ2v) is 8.16. The number of nitrogens with one attached hydrogen (secondary N) is 1. The summed E-state index contributed by atoms with van der Waals surface area (Å²) < 4.78 is 13.3. The second kappa shape index (κ2) is 11.9. The molecule has 0 amide bonds. The molecule has 0 aliphatic rings. The van der Waals surface area contributed by atoms with Gasteiger partial charge >= 0.3 is 0 Å². The first-order valence-corrected chi connectivity index (χ1v) is 10.7. The van der Waals surface area contributed by atoms with E-state index in [4.69, 9.17) is 9.47 Å². The van der Waals surface area contributed by atoms with Crippen molar-refractivity contribution in [1.29, 1.82) is 0 Å². The van der Waals surface area contributed by atoms with E-state index < -0.39 is 6.10 Å². The molecule has 30 heavy (non-hydrogen) atoms. The van der Waals surface area contributed by atoms with E-state index in [1.54, 1.807) is 7.11 Å². The lowest BCUT2D eigenvalue weighted by Gasteiger charge is -2.24. The second-order valence-electron chi connectivity index (χ2n) is 8.16. The minimum atomic E-state index is -0.550. The van der Waals surface area contributed by atoms with Crippen molar-refractivity contribution in [2.45, 2.75) is 59.4 Å². The number of aliphatic hydroxyl groups excluding tert-OH is 1. The number of nitrogens with zero attached hydrogens (tertiary/aromatic N) is 3. The number of hydrogen-bond acceptors (Lipinski definition) is 6. The van der Waals surface area contributed by atoms with Crippen LogP contribution in [-0.4, -0.2) is 65.8 Å². The molecular formula is C23H38N4O3. The van der Waals surface area contributed by atoms with Crippen LogP contribution in [-0.2, 0) is 13.1 Å². The Balaban J connectivity index is 1.77. The van der Waals surface area contributed by atoms with Gasteiger partial charge in [-0.15, -0.1) is 0 Å². The van der Waals surface area contributed by atoms with Crippen molar-refractivity contribution in [2.24, 2.45) is 0 Å². The number of aliphatic hydroxyl groups is 1. The number of benzene rings is 1. The van der Waals surface area contributed by atoms with Gasteiger partial charge < -0.3 is 24.8 Å². The molecule has 0 radical (unpaired) electrons. The van der Waals surface area contributed by atoms with E-state index in [2.05, 4.69) is 46.8 Å². The minimum Gasteiger partial charge on any atom is -0.493 e. The van der Waals surface area contributed by atoms with Gasteiger partial charge in [0.25, 0.3) is 0 Å². The highest BCUT2D eigenvalue weighted by Crippen LogP contribution is 2.28. The average molecular weight is 419 g/mol. The van der Waals surface area contributed by atoms with E-state index in [9.17, 15) is 5.11 Å². The molecule has 1 heterocycles. The SMILES string of the molecule is COc1cc(CNCCCn2nc(C)cc2C)ccc1OCC(O)CN(C)C(C)C. The van der Waals surface area contributed by atoms with Gasteiger partial charge in [0, 0.05) is 31.4 Å². The number of rotatable bonds is 13. The Hall–Kier alpha value is -2.09. The zero-order valence-electron chi connectivity index (χ0n) is 19.3. The molecule has 2 aromatic rings. The summed E-state index contributed by atoms with van der Waals surface area (Å²) in [6.07, 6.45) is 0.467. The number of likely N-dealkylation sites (N-methyl/N-ethyl adjacent to an activating group) is 1. The number of aryl methyl sites for hydroxylation is 3. The highest BCUT2D eigenvalue weighted by atomic mass is 16.5. The molecule has 0 saturated carbocycles. The van der Waals surface area contributed by atoms with Crippen LogP contribution in [0.5, 0.6) is 11.5 Å². The monoisotopic (exact) mass is 418 g/mol. The van der Waals surface area contributed by atoms with E-state index in [0.717, 1.165) is 37.3 Å². The fourth-order valence-corrected chi connectivity index (χ4v) is 3.21. The van der Waals surface area contributed by atoms with Gasteiger partial charge in [-0.05, 0) is 71.5 Å². The van der Waals surface area contributed by atoms with Crippen molar-refractivity contribution >= 4 is 0 Å². The number of ether oxygens (including phenoxy) is 2. The van der Waals surface area contributed by atoms with Crippen molar-refractivity contribution in [1.82, 2.24) is 20.0 Å². The van der Waals surface area contributed by atoms with Gasteiger partial charge in [-0.3, -0.25) is 4.68 Å². The van der Waals surface area contributed by atoms with Crippen LogP contribution < -0.4 is 14.8 Å². The molecule has 0 spiro atoms. The Kier molecular flexibility index (Phi) is 9.62. The van der Waals surface area contributed by atoms with Gasteiger partial charge in [0.05, 0.1) is 12.8 Å². The molecule has 1 unspecified atom stereocenters. The van der Waals surface area contributed by atoms with Gasteiger partial charge in [0.15, 0.2) is 11.5 Å². The molecule has 1 atom stereocenters. The van der Waals surface area contributed by atoms with E-state index in [-0.39, 0.29) is 6.61 Å². The fraction of sp³-hybridized carbons (Fsp3) is 0.609. The lowest BCUT2D eigenvalue weighted by atomic mass is 10.2. The van der Waals surface area contributed by atoms with Crippen LogP contribution in [0.15, 0.2) is 24.3 Å². The summed E-state index contributed by atoms with van der Waals surface area (Å²) in [6, 6.07) is 8.40. The van der Waals surface area contributed by atoms with Crippen LogP contribution in [0.25, 0.3) is 0 Å². The molecule has 1 aromatic heterocycles. The predicted octanol–water partition coefficient (Wildman–Crippen LogP) is 2.77. The van der Waals surface area contributed by atoms with Crippen molar-refractivity contribution < 1.29 is 14.6 Å². The smallest absolute Gasteiger partial charge is 0.161 e. The molecular weight excluding hydrogens is 380 g/mol. The maximum Gasteiger partial charge on any atom is 0.161 e. The fourth-order valence-electron chi connectivity index (χ4n) is 3.21.